The summed E-state index contributed by atoms with van der Waals surface area (Å²) in [6.07, 6.45) is 10.4. The van der Waals surface area contributed by atoms with Crippen molar-refractivity contribution in [2.24, 2.45) is 0 Å². The highest BCUT2D eigenvalue weighted by atomic mass is 32.2. The molecule has 350 valence electrons. The van der Waals surface area contributed by atoms with Gasteiger partial charge in [-0.05, 0) is 91.7 Å². The summed E-state index contributed by atoms with van der Waals surface area (Å²) < 4.78 is 38.3. The summed E-state index contributed by atoms with van der Waals surface area (Å²) in [4.78, 5) is 66.8. The van der Waals surface area contributed by atoms with Crippen molar-refractivity contribution in [3.63, 3.8) is 0 Å². The molecule has 1 saturated carbocycles. The summed E-state index contributed by atoms with van der Waals surface area (Å²) in [5.74, 6) is -1.54. The van der Waals surface area contributed by atoms with Gasteiger partial charge in [0.25, 0.3) is 0 Å². The molecule has 0 radical (unpaired) electrons. The molecule has 4 heterocycles. The maximum Gasteiger partial charge on any atom is 0.326 e. The Bertz CT molecular complexity index is 2290. The van der Waals surface area contributed by atoms with Gasteiger partial charge in [0.05, 0.1) is 40.9 Å². The number of nitrogens with zero attached hydrogens (tertiary/aromatic N) is 3. The number of allylic oxidation sites excluding steroid dienone is 2. The van der Waals surface area contributed by atoms with E-state index in [1.807, 2.05) is 37.4 Å². The minimum atomic E-state index is -3.62. The lowest BCUT2D eigenvalue weighted by Gasteiger charge is -2.40. The molecule has 18 heteroatoms. The fraction of sp³-hybridized carbons (Fsp3) is 0.609. The molecule has 2 aromatic heterocycles. The summed E-state index contributed by atoms with van der Waals surface area (Å²) in [7, 11) is -2.06. The van der Waals surface area contributed by atoms with Crippen LogP contribution in [0.2, 0.25) is 0 Å². The molecule has 1 unspecified atom stereocenters. The number of aliphatic carboxylic acids is 1. The zero-order chi connectivity index (χ0) is 46.2. The fourth-order valence-corrected chi connectivity index (χ4v) is 11.0. The zero-order valence-corrected chi connectivity index (χ0v) is 39.5. The van der Waals surface area contributed by atoms with Crippen molar-refractivity contribution in [3.05, 3.63) is 41.8 Å². The van der Waals surface area contributed by atoms with Gasteiger partial charge >= 0.3 is 12.0 Å². The molecule has 5 N–H and O–H groups in total. The van der Waals surface area contributed by atoms with Crippen molar-refractivity contribution >= 4 is 61.0 Å². The smallest absolute Gasteiger partial charge is 0.326 e. The SMILES string of the molecule is COc1ccc2c(O[C@@H]3CC4C(=O)N[C@H](C(=O)O)CCC=CCCCCC[C@H](NC(=O)NC5(CS(=O)(=O)C(C)(C)C)CCCCC5)C(=O)N4C3)cc(-c3csc(NC(C)C)n3)nc2c1. The number of hydrogen-bond acceptors (Lipinski definition) is 12. The lowest BCUT2D eigenvalue weighted by molar-refractivity contribution is -0.144. The molecule has 16 nitrogen and oxygen atoms in total. The maximum atomic E-state index is 14.9. The van der Waals surface area contributed by atoms with Gasteiger partial charge in [-0.25, -0.2) is 28.0 Å². The number of rotatable bonds is 11. The van der Waals surface area contributed by atoms with E-state index >= 15 is 0 Å². The first-order valence-corrected chi connectivity index (χ1v) is 25.1. The zero-order valence-electron chi connectivity index (χ0n) is 37.9. The van der Waals surface area contributed by atoms with Crippen LogP contribution >= 0.6 is 11.3 Å². The predicted molar refractivity (Wildman–Crippen MR) is 249 cm³/mol. The number of thiazole rings is 1. The molecule has 64 heavy (non-hydrogen) atoms. The summed E-state index contributed by atoms with van der Waals surface area (Å²) >= 11 is 1.45. The predicted octanol–water partition coefficient (Wildman–Crippen LogP) is 6.99. The number of urea groups is 1. The van der Waals surface area contributed by atoms with Gasteiger partial charge in [-0.15, -0.1) is 11.3 Å². The van der Waals surface area contributed by atoms with Crippen LogP contribution in [-0.4, -0.2) is 112 Å². The molecule has 2 aliphatic heterocycles. The quantitative estimate of drug-likeness (QED) is 0.123. The first kappa shape index (κ1) is 48.5. The average molecular weight is 924 g/mol. The molecule has 3 aliphatic rings. The summed E-state index contributed by atoms with van der Waals surface area (Å²) in [5, 5.41) is 25.4. The van der Waals surface area contributed by atoms with Crippen LogP contribution < -0.4 is 30.7 Å². The van der Waals surface area contributed by atoms with Crippen molar-refractivity contribution in [3.8, 4) is 22.9 Å². The Labute approximate surface area is 380 Å². The van der Waals surface area contributed by atoms with E-state index in [4.69, 9.17) is 19.4 Å². The fourth-order valence-electron chi connectivity index (χ4n) is 8.61. The monoisotopic (exact) mass is 923 g/mol. The van der Waals surface area contributed by atoms with Crippen LogP contribution in [0.3, 0.4) is 0 Å². The maximum absolute atomic E-state index is 14.9. The number of ether oxygens (including phenoxy) is 2. The molecule has 0 spiro atoms. The number of hydrogen-bond donors (Lipinski definition) is 5. The number of methoxy groups -OCH3 is 1. The molecule has 4 atom stereocenters. The number of anilines is 1. The lowest BCUT2D eigenvalue weighted by atomic mass is 9.83. The van der Waals surface area contributed by atoms with Crippen LogP contribution in [0.5, 0.6) is 11.5 Å². The second kappa shape index (κ2) is 20.9. The number of fused-ring (bicyclic) bond motifs is 2. The van der Waals surface area contributed by atoms with Crippen LogP contribution in [-0.2, 0) is 24.2 Å². The first-order valence-electron chi connectivity index (χ1n) is 22.5. The van der Waals surface area contributed by atoms with E-state index in [0.29, 0.717) is 59.5 Å². The van der Waals surface area contributed by atoms with Gasteiger partial charge in [0, 0.05) is 35.4 Å². The van der Waals surface area contributed by atoms with Gasteiger partial charge in [-0.3, -0.25) is 9.59 Å². The van der Waals surface area contributed by atoms with Gasteiger partial charge in [-0.2, -0.15) is 0 Å². The molecule has 1 aliphatic carbocycles. The number of benzene rings is 1. The third kappa shape index (κ3) is 12.2. The second-order valence-electron chi connectivity index (χ2n) is 18.7. The molecule has 2 fully saturated rings. The van der Waals surface area contributed by atoms with Crippen molar-refractivity contribution in [1.82, 2.24) is 30.8 Å². The number of carboxylic acid groups (broad SMARTS) is 1. The average Bonchev–Trinajstić information content (AvgIpc) is 3.88. The Morgan fingerprint density at radius 2 is 1.73 bits per heavy atom. The number of pyridine rings is 1. The van der Waals surface area contributed by atoms with Crippen molar-refractivity contribution < 1.29 is 42.2 Å². The molecule has 0 bridgehead atoms. The van der Waals surface area contributed by atoms with Crippen LogP contribution in [0.15, 0.2) is 41.8 Å². The summed E-state index contributed by atoms with van der Waals surface area (Å²) in [6, 6.07) is 3.31. The van der Waals surface area contributed by atoms with E-state index in [0.717, 1.165) is 43.7 Å². The van der Waals surface area contributed by atoms with E-state index in [2.05, 4.69) is 21.3 Å². The van der Waals surface area contributed by atoms with Gasteiger partial charge in [0.15, 0.2) is 15.0 Å². The summed E-state index contributed by atoms with van der Waals surface area (Å²) in [6.45, 7) is 8.97. The third-order valence-corrected chi connectivity index (χ3v) is 15.8. The normalized spacial score (nSPS) is 22.7. The number of carboxylic acids is 1. The van der Waals surface area contributed by atoms with E-state index in [-0.39, 0.29) is 37.6 Å². The first-order chi connectivity index (χ1) is 30.4. The van der Waals surface area contributed by atoms with Crippen molar-refractivity contribution in [2.75, 3.05) is 24.7 Å². The third-order valence-electron chi connectivity index (χ3n) is 12.3. The number of nitrogens with one attached hydrogen (secondary N) is 4. The van der Waals surface area contributed by atoms with E-state index in [1.165, 1.54) is 16.2 Å². The number of carbonyl (C=O) groups excluding carboxylic acids is 3. The molecular formula is C46H65N7O9S2. The topological polar surface area (TPSA) is 218 Å². The van der Waals surface area contributed by atoms with Gasteiger partial charge in [-0.1, -0.05) is 44.3 Å². The van der Waals surface area contributed by atoms with E-state index < -0.39 is 68.2 Å². The minimum absolute atomic E-state index is 0.0327. The Morgan fingerprint density at radius 1 is 1.00 bits per heavy atom. The molecule has 6 rings (SSSR count). The summed E-state index contributed by atoms with van der Waals surface area (Å²) in [5.41, 5.74) is 0.737. The minimum Gasteiger partial charge on any atom is -0.497 e. The van der Waals surface area contributed by atoms with Crippen LogP contribution in [0.1, 0.15) is 118 Å². The van der Waals surface area contributed by atoms with E-state index in [9.17, 15) is 32.7 Å². The van der Waals surface area contributed by atoms with Crippen molar-refractivity contribution in [2.45, 2.75) is 159 Å². The highest BCUT2D eigenvalue weighted by Gasteiger charge is 2.46. The van der Waals surface area contributed by atoms with Gasteiger partial charge < -0.3 is 40.7 Å². The Hall–Kier alpha value is -4.97. The number of aromatic nitrogens is 2. The highest BCUT2D eigenvalue weighted by Crippen LogP contribution is 2.36. The second-order valence-corrected chi connectivity index (χ2v) is 22.3. The molecule has 1 aromatic carbocycles. The molecule has 1 saturated heterocycles. The Morgan fingerprint density at radius 3 is 2.44 bits per heavy atom. The van der Waals surface area contributed by atoms with Gasteiger partial charge in [0.2, 0.25) is 11.8 Å². The number of carbonyl (C=O) groups is 4. The highest BCUT2D eigenvalue weighted by molar-refractivity contribution is 7.92. The van der Waals surface area contributed by atoms with Crippen LogP contribution in [0.4, 0.5) is 9.93 Å². The lowest BCUT2D eigenvalue weighted by Crippen LogP contribution is -2.61. The number of sulfone groups is 1. The Balaban J connectivity index is 1.33. The molecule has 4 amide bonds. The standard InChI is InChI=1S/C46H65N7O9S2/c1-29(2)47-44-51-37(27-63-44)36-25-39(32-20-19-30(61-6)23-35(32)48-36)62-31-24-38-40(54)49-34(42(56)57)18-14-11-9-7-8-10-13-17-33(41(55)53(38)26-31)50-43(58)52-46(21-15-12-16-22-46)28-64(59,60)45(3,4)5/h9,11,19-20,23,25,27,29,31,33-34,38H,7-8,10,12-18,21-22,24,26,28H2,1-6H3,(H,47,51)(H,49,54)(H,56,57)(H2,50,52,58)/t31-,33+,34+,38?/m1/s1. The van der Waals surface area contributed by atoms with Crippen molar-refractivity contribution in [1.29, 1.82) is 0 Å². The Kier molecular flexibility index (Phi) is 15.8. The number of amides is 4. The van der Waals surface area contributed by atoms with E-state index in [1.54, 1.807) is 46.1 Å². The molecule has 3 aromatic rings. The largest absolute Gasteiger partial charge is 0.497 e. The van der Waals surface area contributed by atoms with Crippen LogP contribution in [0.25, 0.3) is 22.3 Å². The van der Waals surface area contributed by atoms with Gasteiger partial charge in [0.1, 0.15) is 41.4 Å². The molecular weight excluding hydrogens is 859 g/mol. The van der Waals surface area contributed by atoms with Crippen LogP contribution in [0, 0.1) is 0 Å².